The predicted octanol–water partition coefficient (Wildman–Crippen LogP) is 2.27. The Hall–Kier alpha value is -2.76. The Morgan fingerprint density at radius 1 is 1.06 bits per heavy atom. The Morgan fingerprint density at radius 3 is 2.72 bits per heavy atom. The van der Waals surface area contributed by atoms with Gasteiger partial charge < -0.3 is 9.84 Å². The fourth-order valence-corrected chi connectivity index (χ4v) is 1.44. The SMILES string of the molecule is c1ccc(Nc2nc(-c3cnccn3)no2)cc1. The number of para-hydroxylation sites is 1. The van der Waals surface area contributed by atoms with E-state index in [1.807, 2.05) is 30.3 Å². The molecular weight excluding hydrogens is 230 g/mol. The maximum atomic E-state index is 5.08. The average molecular weight is 239 g/mol. The molecule has 6 nitrogen and oxygen atoms in total. The summed E-state index contributed by atoms with van der Waals surface area (Å²) in [6.45, 7) is 0. The smallest absolute Gasteiger partial charge is 0.315 e. The molecule has 0 atom stereocenters. The van der Waals surface area contributed by atoms with E-state index in [2.05, 4.69) is 25.4 Å². The van der Waals surface area contributed by atoms with E-state index in [4.69, 9.17) is 4.52 Å². The Bertz CT molecular complexity index is 623. The van der Waals surface area contributed by atoms with E-state index in [1.54, 1.807) is 18.6 Å². The Kier molecular flexibility index (Phi) is 2.67. The van der Waals surface area contributed by atoms with Crippen LogP contribution in [0.5, 0.6) is 0 Å². The van der Waals surface area contributed by atoms with Crippen LogP contribution >= 0.6 is 0 Å². The highest BCUT2D eigenvalue weighted by Gasteiger charge is 2.09. The Morgan fingerprint density at radius 2 is 1.94 bits per heavy atom. The van der Waals surface area contributed by atoms with Crippen molar-refractivity contribution in [3.05, 3.63) is 48.9 Å². The second-order valence-corrected chi connectivity index (χ2v) is 3.50. The van der Waals surface area contributed by atoms with Gasteiger partial charge in [-0.25, -0.2) is 4.98 Å². The minimum atomic E-state index is 0.321. The second kappa shape index (κ2) is 4.62. The molecule has 2 heterocycles. The van der Waals surface area contributed by atoms with Crippen LogP contribution in [0.15, 0.2) is 53.4 Å². The van der Waals surface area contributed by atoms with E-state index in [-0.39, 0.29) is 0 Å². The first kappa shape index (κ1) is 10.4. The summed E-state index contributed by atoms with van der Waals surface area (Å²) in [6, 6.07) is 9.91. The summed E-state index contributed by atoms with van der Waals surface area (Å²) < 4.78 is 5.08. The lowest BCUT2D eigenvalue weighted by atomic mass is 10.3. The summed E-state index contributed by atoms with van der Waals surface area (Å²) >= 11 is 0. The van der Waals surface area contributed by atoms with E-state index in [0.717, 1.165) is 5.69 Å². The standard InChI is InChI=1S/C12H9N5O/c1-2-4-9(5-3-1)15-12-16-11(17-18-12)10-8-13-6-7-14-10/h1-8H,(H,15,16,17). The number of aromatic nitrogens is 4. The molecule has 3 rings (SSSR count). The van der Waals surface area contributed by atoms with Gasteiger partial charge in [-0.3, -0.25) is 4.98 Å². The lowest BCUT2D eigenvalue weighted by molar-refractivity contribution is 0.435. The van der Waals surface area contributed by atoms with Crippen molar-refractivity contribution in [2.24, 2.45) is 0 Å². The molecule has 1 N–H and O–H groups in total. The molecule has 0 saturated heterocycles. The molecule has 6 heteroatoms. The molecule has 0 aliphatic carbocycles. The van der Waals surface area contributed by atoms with Crippen LogP contribution in [0.3, 0.4) is 0 Å². The molecule has 2 aromatic heterocycles. The summed E-state index contributed by atoms with van der Waals surface area (Å²) in [5, 5.41) is 6.84. The van der Waals surface area contributed by atoms with E-state index in [1.165, 1.54) is 0 Å². The van der Waals surface area contributed by atoms with Crippen LogP contribution in [0.1, 0.15) is 0 Å². The van der Waals surface area contributed by atoms with Gasteiger partial charge in [-0.05, 0) is 12.1 Å². The van der Waals surface area contributed by atoms with Crippen molar-refractivity contribution in [1.82, 2.24) is 20.1 Å². The van der Waals surface area contributed by atoms with E-state index in [9.17, 15) is 0 Å². The summed E-state index contributed by atoms with van der Waals surface area (Å²) in [7, 11) is 0. The highest BCUT2D eigenvalue weighted by atomic mass is 16.5. The number of benzene rings is 1. The van der Waals surface area contributed by atoms with E-state index < -0.39 is 0 Å². The van der Waals surface area contributed by atoms with Gasteiger partial charge in [-0.15, -0.1) is 0 Å². The van der Waals surface area contributed by atoms with Crippen molar-refractivity contribution in [1.29, 1.82) is 0 Å². The van der Waals surface area contributed by atoms with Gasteiger partial charge in [0.15, 0.2) is 0 Å². The fourth-order valence-electron chi connectivity index (χ4n) is 1.44. The van der Waals surface area contributed by atoms with Gasteiger partial charge in [0.25, 0.3) is 0 Å². The fraction of sp³-hybridized carbons (Fsp3) is 0. The van der Waals surface area contributed by atoms with Crippen LogP contribution in [0.2, 0.25) is 0 Å². The molecule has 0 saturated carbocycles. The molecule has 0 aliphatic rings. The first-order valence-corrected chi connectivity index (χ1v) is 5.34. The topological polar surface area (TPSA) is 76.7 Å². The van der Waals surface area contributed by atoms with Gasteiger partial charge >= 0.3 is 6.01 Å². The summed E-state index contributed by atoms with van der Waals surface area (Å²) in [5.41, 5.74) is 1.45. The van der Waals surface area contributed by atoms with Gasteiger partial charge in [-0.1, -0.05) is 23.4 Å². The number of hydrogen-bond acceptors (Lipinski definition) is 6. The van der Waals surface area contributed by atoms with Crippen molar-refractivity contribution < 1.29 is 4.52 Å². The lowest BCUT2D eigenvalue weighted by Gasteiger charge is -1.98. The maximum absolute atomic E-state index is 5.08. The molecule has 0 unspecified atom stereocenters. The summed E-state index contributed by atoms with van der Waals surface area (Å²) in [4.78, 5) is 12.2. The van der Waals surface area contributed by atoms with Gasteiger partial charge in [0, 0.05) is 18.1 Å². The van der Waals surface area contributed by atoms with Crippen molar-refractivity contribution in [3.63, 3.8) is 0 Å². The first-order chi connectivity index (χ1) is 8.92. The zero-order valence-corrected chi connectivity index (χ0v) is 9.32. The third kappa shape index (κ3) is 2.17. The molecule has 0 fully saturated rings. The molecule has 1 aromatic carbocycles. The van der Waals surface area contributed by atoms with E-state index >= 15 is 0 Å². The number of hydrogen-bond donors (Lipinski definition) is 1. The Balaban J connectivity index is 1.82. The predicted molar refractivity (Wildman–Crippen MR) is 65.0 cm³/mol. The molecular formula is C12H9N5O. The minimum Gasteiger partial charge on any atom is -0.315 e. The number of anilines is 2. The molecule has 18 heavy (non-hydrogen) atoms. The average Bonchev–Trinajstić information content (AvgIpc) is 2.89. The van der Waals surface area contributed by atoms with Gasteiger partial charge in [0.1, 0.15) is 5.69 Å². The van der Waals surface area contributed by atoms with Crippen molar-refractivity contribution in [3.8, 4) is 11.5 Å². The van der Waals surface area contributed by atoms with Crippen molar-refractivity contribution in [2.45, 2.75) is 0 Å². The number of nitrogens with zero attached hydrogens (tertiary/aromatic N) is 4. The van der Waals surface area contributed by atoms with Crippen LogP contribution in [0, 0.1) is 0 Å². The van der Waals surface area contributed by atoms with Gasteiger partial charge in [0.05, 0.1) is 6.20 Å². The van der Waals surface area contributed by atoms with E-state index in [0.29, 0.717) is 17.5 Å². The molecule has 3 aromatic rings. The third-order valence-corrected chi connectivity index (χ3v) is 2.24. The molecule has 0 bridgehead atoms. The summed E-state index contributed by atoms with van der Waals surface area (Å²) in [6.07, 6.45) is 4.75. The zero-order valence-electron chi connectivity index (χ0n) is 9.32. The largest absolute Gasteiger partial charge is 0.326 e. The first-order valence-electron chi connectivity index (χ1n) is 5.34. The summed E-state index contributed by atoms with van der Waals surface area (Å²) in [5.74, 6) is 0.404. The highest BCUT2D eigenvalue weighted by molar-refractivity contribution is 5.54. The molecule has 88 valence electrons. The third-order valence-electron chi connectivity index (χ3n) is 2.24. The maximum Gasteiger partial charge on any atom is 0.326 e. The van der Waals surface area contributed by atoms with Gasteiger partial charge in [-0.2, -0.15) is 4.98 Å². The normalized spacial score (nSPS) is 10.2. The molecule has 0 spiro atoms. The number of rotatable bonds is 3. The molecule has 0 aliphatic heterocycles. The quantitative estimate of drug-likeness (QED) is 0.755. The minimum absolute atomic E-state index is 0.321. The van der Waals surface area contributed by atoms with Crippen LogP contribution in [0.25, 0.3) is 11.5 Å². The van der Waals surface area contributed by atoms with Gasteiger partial charge in [0.2, 0.25) is 5.82 Å². The van der Waals surface area contributed by atoms with Crippen molar-refractivity contribution >= 4 is 11.7 Å². The monoisotopic (exact) mass is 239 g/mol. The lowest BCUT2D eigenvalue weighted by Crippen LogP contribution is -1.90. The zero-order chi connectivity index (χ0) is 12.2. The van der Waals surface area contributed by atoms with Crippen LogP contribution in [0.4, 0.5) is 11.7 Å². The van der Waals surface area contributed by atoms with Crippen LogP contribution in [-0.2, 0) is 0 Å². The molecule has 0 amide bonds. The second-order valence-electron chi connectivity index (χ2n) is 3.50. The van der Waals surface area contributed by atoms with Crippen LogP contribution in [-0.4, -0.2) is 20.1 Å². The Labute approximate surface area is 103 Å². The van der Waals surface area contributed by atoms with Crippen LogP contribution < -0.4 is 5.32 Å². The van der Waals surface area contributed by atoms with Crippen molar-refractivity contribution in [2.75, 3.05) is 5.32 Å². The molecule has 0 radical (unpaired) electrons. The number of nitrogens with one attached hydrogen (secondary N) is 1. The highest BCUT2D eigenvalue weighted by Crippen LogP contribution is 2.17.